The molecule has 0 aromatic carbocycles. The SMILES string of the molecule is CNC(=O)CSCC(=O)NCCn1[nH]c(=O)ccc1=O. The van der Waals surface area contributed by atoms with Crippen LogP contribution in [-0.4, -0.2) is 46.7 Å². The second-order valence-electron chi connectivity index (χ2n) is 3.82. The van der Waals surface area contributed by atoms with Gasteiger partial charge in [-0.2, -0.15) is 0 Å². The van der Waals surface area contributed by atoms with E-state index in [9.17, 15) is 19.2 Å². The molecule has 0 radical (unpaired) electrons. The Balaban J connectivity index is 2.28. The minimum Gasteiger partial charge on any atom is -0.358 e. The first-order valence-corrected chi connectivity index (χ1v) is 7.03. The molecule has 0 saturated heterocycles. The van der Waals surface area contributed by atoms with Crippen LogP contribution in [0, 0.1) is 0 Å². The molecule has 2 amide bonds. The van der Waals surface area contributed by atoms with E-state index in [1.807, 2.05) is 0 Å². The van der Waals surface area contributed by atoms with E-state index in [1.165, 1.54) is 24.9 Å². The molecule has 0 unspecified atom stereocenters. The number of carbonyl (C=O) groups is 2. The Bertz CT molecular complexity index is 580. The van der Waals surface area contributed by atoms with Gasteiger partial charge in [0.05, 0.1) is 18.1 Å². The summed E-state index contributed by atoms with van der Waals surface area (Å²) in [6.07, 6.45) is 0. The summed E-state index contributed by atoms with van der Waals surface area (Å²) in [6, 6.07) is 2.31. The van der Waals surface area contributed by atoms with E-state index in [4.69, 9.17) is 0 Å². The van der Waals surface area contributed by atoms with Gasteiger partial charge in [0.2, 0.25) is 11.8 Å². The molecule has 9 heteroatoms. The highest BCUT2D eigenvalue weighted by Gasteiger charge is 2.04. The molecule has 1 heterocycles. The molecule has 0 aliphatic rings. The molecular weight excluding hydrogens is 284 g/mol. The Kier molecular flexibility index (Phi) is 6.57. The average molecular weight is 300 g/mol. The van der Waals surface area contributed by atoms with Gasteiger partial charge in [-0.1, -0.05) is 0 Å². The lowest BCUT2D eigenvalue weighted by atomic mass is 10.5. The summed E-state index contributed by atoms with van der Waals surface area (Å²) in [6.45, 7) is 0.403. The van der Waals surface area contributed by atoms with E-state index in [-0.39, 0.29) is 47.5 Å². The maximum atomic E-state index is 11.4. The second-order valence-corrected chi connectivity index (χ2v) is 4.80. The summed E-state index contributed by atoms with van der Waals surface area (Å²) >= 11 is 1.20. The molecule has 0 bridgehead atoms. The largest absolute Gasteiger partial charge is 0.358 e. The number of aromatic nitrogens is 2. The summed E-state index contributed by atoms with van der Waals surface area (Å²) in [5.41, 5.74) is -0.718. The van der Waals surface area contributed by atoms with Gasteiger partial charge in [0.1, 0.15) is 0 Å². The summed E-state index contributed by atoms with van der Waals surface area (Å²) in [4.78, 5) is 44.7. The molecule has 1 rings (SSSR count). The predicted octanol–water partition coefficient (Wildman–Crippen LogP) is -1.87. The van der Waals surface area contributed by atoms with Crippen LogP contribution >= 0.6 is 11.8 Å². The van der Waals surface area contributed by atoms with Gasteiger partial charge in [0, 0.05) is 25.7 Å². The van der Waals surface area contributed by atoms with Gasteiger partial charge in [-0.15, -0.1) is 11.8 Å². The van der Waals surface area contributed by atoms with Crippen molar-refractivity contribution < 1.29 is 9.59 Å². The Morgan fingerprint density at radius 2 is 1.95 bits per heavy atom. The number of nitrogens with zero attached hydrogens (tertiary/aromatic N) is 1. The smallest absolute Gasteiger partial charge is 0.265 e. The van der Waals surface area contributed by atoms with E-state index in [2.05, 4.69) is 15.7 Å². The normalized spacial score (nSPS) is 10.1. The quantitative estimate of drug-likeness (QED) is 0.546. The summed E-state index contributed by atoms with van der Waals surface area (Å²) in [7, 11) is 1.53. The van der Waals surface area contributed by atoms with Crippen molar-refractivity contribution in [2.45, 2.75) is 6.54 Å². The molecule has 3 N–H and O–H groups in total. The van der Waals surface area contributed by atoms with Crippen molar-refractivity contribution in [2.24, 2.45) is 0 Å². The Labute approximate surface area is 118 Å². The molecule has 8 nitrogen and oxygen atoms in total. The van der Waals surface area contributed by atoms with Gasteiger partial charge in [-0.3, -0.25) is 24.3 Å². The van der Waals surface area contributed by atoms with E-state index >= 15 is 0 Å². The number of thioether (sulfide) groups is 1. The third kappa shape index (κ3) is 5.74. The van der Waals surface area contributed by atoms with Crippen LogP contribution in [0.2, 0.25) is 0 Å². The Morgan fingerprint density at radius 3 is 2.65 bits per heavy atom. The van der Waals surface area contributed by atoms with Crippen LogP contribution in [0.5, 0.6) is 0 Å². The van der Waals surface area contributed by atoms with Crippen LogP contribution in [0.25, 0.3) is 0 Å². The fourth-order valence-electron chi connectivity index (χ4n) is 1.30. The number of hydrogen-bond acceptors (Lipinski definition) is 5. The van der Waals surface area contributed by atoms with Gasteiger partial charge >= 0.3 is 0 Å². The zero-order chi connectivity index (χ0) is 15.0. The number of nitrogens with one attached hydrogen (secondary N) is 3. The molecule has 0 spiro atoms. The summed E-state index contributed by atoms with van der Waals surface area (Å²) < 4.78 is 1.13. The lowest BCUT2D eigenvalue weighted by Gasteiger charge is -2.06. The first-order chi connectivity index (χ1) is 9.52. The molecular formula is C11H16N4O4S. The van der Waals surface area contributed by atoms with Crippen molar-refractivity contribution in [1.82, 2.24) is 20.4 Å². The van der Waals surface area contributed by atoms with Crippen molar-refractivity contribution in [3.8, 4) is 0 Å². The maximum absolute atomic E-state index is 11.4. The molecule has 0 fully saturated rings. The molecule has 20 heavy (non-hydrogen) atoms. The minimum absolute atomic E-state index is 0.142. The van der Waals surface area contributed by atoms with Crippen molar-refractivity contribution in [3.63, 3.8) is 0 Å². The van der Waals surface area contributed by atoms with E-state index in [0.29, 0.717) is 0 Å². The second kappa shape index (κ2) is 8.20. The van der Waals surface area contributed by atoms with Crippen molar-refractivity contribution in [1.29, 1.82) is 0 Å². The van der Waals surface area contributed by atoms with E-state index < -0.39 is 0 Å². The highest BCUT2D eigenvalue weighted by Crippen LogP contribution is 1.97. The first kappa shape index (κ1) is 16.0. The van der Waals surface area contributed by atoms with Gasteiger partial charge < -0.3 is 10.6 Å². The van der Waals surface area contributed by atoms with Gasteiger partial charge in [-0.05, 0) is 0 Å². The Hall–Kier alpha value is -2.03. The molecule has 1 aromatic rings. The fourth-order valence-corrected chi connectivity index (χ4v) is 2.01. The standard InChI is InChI=1S/C11H16N4O4S/c1-12-9(17)6-20-7-10(18)13-4-5-15-11(19)3-2-8(16)14-15/h2-3H,4-7H2,1H3,(H,12,17)(H,13,18)(H,14,16). The highest BCUT2D eigenvalue weighted by molar-refractivity contribution is 8.00. The van der Waals surface area contributed by atoms with Gasteiger partial charge in [-0.25, -0.2) is 4.68 Å². The lowest BCUT2D eigenvalue weighted by Crippen LogP contribution is -2.35. The third-order valence-corrected chi connectivity index (χ3v) is 3.22. The first-order valence-electron chi connectivity index (χ1n) is 5.88. The van der Waals surface area contributed by atoms with Crippen molar-refractivity contribution >= 4 is 23.6 Å². The number of aromatic amines is 1. The number of hydrogen-bond donors (Lipinski definition) is 3. The van der Waals surface area contributed by atoms with Crippen molar-refractivity contribution in [2.75, 3.05) is 25.1 Å². The van der Waals surface area contributed by atoms with Crippen molar-refractivity contribution in [3.05, 3.63) is 32.8 Å². The monoisotopic (exact) mass is 300 g/mol. The Morgan fingerprint density at radius 1 is 1.25 bits per heavy atom. The maximum Gasteiger partial charge on any atom is 0.265 e. The summed E-state index contributed by atoms with van der Waals surface area (Å²) in [5.74, 6) is 0.00432. The third-order valence-electron chi connectivity index (χ3n) is 2.29. The lowest BCUT2D eigenvalue weighted by molar-refractivity contribution is -0.118. The van der Waals surface area contributed by atoms with E-state index in [0.717, 1.165) is 10.7 Å². The van der Waals surface area contributed by atoms with Crippen LogP contribution < -0.4 is 21.8 Å². The molecule has 0 aliphatic carbocycles. The number of H-pyrrole nitrogens is 1. The van der Waals surface area contributed by atoms with Crippen LogP contribution in [0.4, 0.5) is 0 Å². The van der Waals surface area contributed by atoms with E-state index in [1.54, 1.807) is 0 Å². The van der Waals surface area contributed by atoms with Crippen LogP contribution in [0.15, 0.2) is 21.7 Å². The number of carbonyl (C=O) groups excluding carboxylic acids is 2. The summed E-state index contributed by atoms with van der Waals surface area (Å²) in [5, 5.41) is 7.40. The predicted molar refractivity (Wildman–Crippen MR) is 75.7 cm³/mol. The van der Waals surface area contributed by atoms with Crippen LogP contribution in [-0.2, 0) is 16.1 Å². The average Bonchev–Trinajstić information content (AvgIpc) is 2.42. The highest BCUT2D eigenvalue weighted by atomic mass is 32.2. The fraction of sp³-hybridized carbons (Fsp3) is 0.455. The topological polar surface area (TPSA) is 113 Å². The number of rotatable bonds is 7. The number of amides is 2. The molecule has 110 valence electrons. The molecule has 1 aromatic heterocycles. The molecule has 0 saturated carbocycles. The molecule has 0 aliphatic heterocycles. The van der Waals surface area contributed by atoms with Gasteiger partial charge in [0.15, 0.2) is 0 Å². The van der Waals surface area contributed by atoms with Gasteiger partial charge in [0.25, 0.3) is 11.1 Å². The van der Waals surface area contributed by atoms with Crippen LogP contribution in [0.1, 0.15) is 0 Å². The zero-order valence-electron chi connectivity index (χ0n) is 11.0. The zero-order valence-corrected chi connectivity index (χ0v) is 11.8. The minimum atomic E-state index is -0.378. The molecule has 0 atom stereocenters. The van der Waals surface area contributed by atoms with Crippen LogP contribution in [0.3, 0.4) is 0 Å².